The number of anilines is 1. The number of nitrogens with one attached hydrogen (secondary N) is 2. The number of rotatable bonds is 4. The molecule has 0 aliphatic rings. The van der Waals surface area contributed by atoms with Crippen molar-refractivity contribution in [2.24, 2.45) is 0 Å². The monoisotopic (exact) mass is 342 g/mol. The summed E-state index contributed by atoms with van der Waals surface area (Å²) >= 11 is 5.59. The van der Waals surface area contributed by atoms with Crippen LogP contribution in [0.15, 0.2) is 29.2 Å². The van der Waals surface area contributed by atoms with Gasteiger partial charge in [-0.05, 0) is 18.2 Å². The highest BCUT2D eigenvalue weighted by molar-refractivity contribution is 6.30. The zero-order valence-corrected chi connectivity index (χ0v) is 12.9. The molecule has 2 aromatic rings. The fourth-order valence-corrected chi connectivity index (χ4v) is 2.02. The predicted molar refractivity (Wildman–Crippen MR) is 84.2 cm³/mol. The molecule has 0 aliphatic carbocycles. The van der Waals surface area contributed by atoms with Crippen LogP contribution < -0.4 is 16.3 Å². The Hall–Kier alpha value is -2.61. The maximum Gasteiger partial charge on any atom is 0.355 e. The Morgan fingerprint density at radius 3 is 2.57 bits per heavy atom. The van der Waals surface area contributed by atoms with E-state index < -0.39 is 23.1 Å². The number of aliphatic hydroxyl groups is 1. The van der Waals surface area contributed by atoms with Crippen LogP contribution in [-0.2, 0) is 0 Å². The van der Waals surface area contributed by atoms with Crippen molar-refractivity contribution in [3.8, 4) is 0 Å². The lowest BCUT2D eigenvalue weighted by Crippen LogP contribution is -2.29. The highest BCUT2D eigenvalue weighted by Gasteiger charge is 2.15. The molecule has 0 unspecified atom stereocenters. The van der Waals surface area contributed by atoms with Gasteiger partial charge in [0.2, 0.25) is 0 Å². The summed E-state index contributed by atoms with van der Waals surface area (Å²) in [5.74, 6) is -2.39. The van der Waals surface area contributed by atoms with E-state index in [1.54, 1.807) is 0 Å². The first-order valence-corrected chi connectivity index (χ1v) is 6.80. The number of hydrogen-bond donors (Lipinski definition) is 3. The minimum absolute atomic E-state index is 0.0567. The van der Waals surface area contributed by atoms with Crippen LogP contribution in [0.25, 0.3) is 11.6 Å². The smallest absolute Gasteiger partial charge is 0.355 e. The normalized spacial score (nSPS) is 11.9. The quantitative estimate of drug-likeness (QED) is 0.743. The standard InChI is InChI=1S/C14H13ClF2N4O2/c1-18-12-10(17)6-21(14(23)20-12)13(19-2)11(22)7-3-4-8(15)9(16)5-7/h3-6,19,22H,1-2H3,(H,18,20,23)/b13-11+. The third kappa shape index (κ3) is 3.26. The van der Waals surface area contributed by atoms with Crippen molar-refractivity contribution in [3.05, 3.63) is 57.1 Å². The minimum atomic E-state index is -0.832. The Bertz CT molecular complexity index is 836. The largest absolute Gasteiger partial charge is 0.504 e. The third-order valence-electron chi connectivity index (χ3n) is 3.01. The maximum atomic E-state index is 13.8. The van der Waals surface area contributed by atoms with Gasteiger partial charge in [0.25, 0.3) is 0 Å². The maximum absolute atomic E-state index is 13.8. The van der Waals surface area contributed by atoms with Crippen LogP contribution in [0.2, 0.25) is 5.02 Å². The lowest BCUT2D eigenvalue weighted by molar-refractivity contribution is 0.505. The molecule has 122 valence electrons. The van der Waals surface area contributed by atoms with E-state index >= 15 is 0 Å². The summed E-state index contributed by atoms with van der Waals surface area (Å²) in [6.45, 7) is 0. The highest BCUT2D eigenvalue weighted by atomic mass is 35.5. The predicted octanol–water partition coefficient (Wildman–Crippen LogP) is 2.28. The molecule has 1 aromatic carbocycles. The van der Waals surface area contributed by atoms with E-state index in [4.69, 9.17) is 11.6 Å². The van der Waals surface area contributed by atoms with Gasteiger partial charge in [-0.15, -0.1) is 0 Å². The second-order valence-electron chi connectivity index (χ2n) is 4.42. The van der Waals surface area contributed by atoms with Gasteiger partial charge >= 0.3 is 5.69 Å². The lowest BCUT2D eigenvalue weighted by atomic mass is 10.2. The molecule has 0 saturated carbocycles. The first kappa shape index (κ1) is 16.8. The SMILES string of the molecule is CN/C(=C(\O)c1ccc(Cl)c(F)c1)n1cc(F)c(NC)nc1=O. The minimum Gasteiger partial charge on any atom is -0.504 e. The Balaban J connectivity index is 2.64. The van der Waals surface area contributed by atoms with Crippen LogP contribution in [0.1, 0.15) is 5.56 Å². The molecule has 0 amide bonds. The molecule has 6 nitrogen and oxygen atoms in total. The number of benzene rings is 1. The first-order chi connectivity index (χ1) is 10.9. The third-order valence-corrected chi connectivity index (χ3v) is 3.32. The molecule has 0 bridgehead atoms. The summed E-state index contributed by atoms with van der Waals surface area (Å²) in [5.41, 5.74) is -0.776. The fourth-order valence-electron chi connectivity index (χ4n) is 1.90. The molecular formula is C14H13ClF2N4O2. The summed E-state index contributed by atoms with van der Waals surface area (Å²) in [6, 6.07) is 3.60. The molecule has 0 atom stereocenters. The molecular weight excluding hydrogens is 330 g/mol. The molecule has 23 heavy (non-hydrogen) atoms. The fraction of sp³-hybridized carbons (Fsp3) is 0.143. The van der Waals surface area contributed by atoms with Crippen molar-refractivity contribution in [2.75, 3.05) is 19.4 Å². The molecule has 0 fully saturated rings. The van der Waals surface area contributed by atoms with Crippen LogP contribution in [0.3, 0.4) is 0 Å². The molecule has 0 saturated heterocycles. The van der Waals surface area contributed by atoms with Crippen LogP contribution in [-0.4, -0.2) is 28.8 Å². The van der Waals surface area contributed by atoms with Gasteiger partial charge in [-0.25, -0.2) is 18.1 Å². The van der Waals surface area contributed by atoms with Gasteiger partial charge in [-0.3, -0.25) is 0 Å². The molecule has 0 radical (unpaired) electrons. The van der Waals surface area contributed by atoms with Gasteiger partial charge < -0.3 is 15.7 Å². The van der Waals surface area contributed by atoms with Crippen LogP contribution in [0, 0.1) is 11.6 Å². The number of nitrogens with zero attached hydrogens (tertiary/aromatic N) is 2. The average molecular weight is 343 g/mol. The molecule has 0 aliphatic heterocycles. The molecule has 3 N–H and O–H groups in total. The van der Waals surface area contributed by atoms with E-state index in [1.807, 2.05) is 0 Å². The lowest BCUT2D eigenvalue weighted by Gasteiger charge is -2.13. The summed E-state index contributed by atoms with van der Waals surface area (Å²) in [7, 11) is 2.83. The molecule has 0 spiro atoms. The van der Waals surface area contributed by atoms with Crippen molar-refractivity contribution in [1.29, 1.82) is 0 Å². The summed E-state index contributed by atoms with van der Waals surface area (Å²) in [6.07, 6.45) is 0.857. The average Bonchev–Trinajstić information content (AvgIpc) is 2.53. The second-order valence-corrected chi connectivity index (χ2v) is 4.82. The molecule has 1 aromatic heterocycles. The Kier molecular flexibility index (Phi) is 4.85. The van der Waals surface area contributed by atoms with Gasteiger partial charge in [-0.2, -0.15) is 4.98 Å². The Labute approximate surface area is 135 Å². The second kappa shape index (κ2) is 6.66. The zero-order chi connectivity index (χ0) is 17.1. The number of aliphatic hydroxyl groups excluding tert-OH is 1. The van der Waals surface area contributed by atoms with Gasteiger partial charge in [-0.1, -0.05) is 11.6 Å². The molecule has 1 heterocycles. The topological polar surface area (TPSA) is 79.2 Å². The molecule has 2 rings (SSSR count). The van der Waals surface area contributed by atoms with Crippen LogP contribution in [0.4, 0.5) is 14.6 Å². The highest BCUT2D eigenvalue weighted by Crippen LogP contribution is 2.22. The van der Waals surface area contributed by atoms with Crippen molar-refractivity contribution in [3.63, 3.8) is 0 Å². The van der Waals surface area contributed by atoms with E-state index in [0.29, 0.717) is 0 Å². The number of halogens is 3. The summed E-state index contributed by atoms with van der Waals surface area (Å²) in [4.78, 5) is 15.5. The van der Waals surface area contributed by atoms with Gasteiger partial charge in [0.15, 0.2) is 23.2 Å². The van der Waals surface area contributed by atoms with Gasteiger partial charge in [0, 0.05) is 19.7 Å². The van der Waals surface area contributed by atoms with Crippen LogP contribution in [0.5, 0.6) is 0 Å². The van der Waals surface area contributed by atoms with Crippen molar-refractivity contribution >= 4 is 29.0 Å². The molecule has 9 heteroatoms. The van der Waals surface area contributed by atoms with E-state index in [0.717, 1.165) is 16.8 Å². The number of aromatic nitrogens is 2. The zero-order valence-electron chi connectivity index (χ0n) is 12.2. The Morgan fingerprint density at radius 1 is 1.30 bits per heavy atom. The Morgan fingerprint density at radius 2 is 2.00 bits per heavy atom. The van der Waals surface area contributed by atoms with Crippen molar-refractivity contribution in [1.82, 2.24) is 14.9 Å². The van der Waals surface area contributed by atoms with Gasteiger partial charge in [0.1, 0.15) is 5.82 Å². The summed E-state index contributed by atoms with van der Waals surface area (Å²) < 4.78 is 28.1. The number of hydrogen-bond acceptors (Lipinski definition) is 5. The van der Waals surface area contributed by atoms with E-state index in [2.05, 4.69) is 15.6 Å². The summed E-state index contributed by atoms with van der Waals surface area (Å²) in [5, 5.41) is 15.2. The van der Waals surface area contributed by atoms with E-state index in [9.17, 15) is 18.7 Å². The van der Waals surface area contributed by atoms with Crippen LogP contribution >= 0.6 is 11.6 Å². The van der Waals surface area contributed by atoms with E-state index in [-0.39, 0.29) is 22.2 Å². The van der Waals surface area contributed by atoms with E-state index in [1.165, 1.54) is 26.2 Å². The van der Waals surface area contributed by atoms with Crippen molar-refractivity contribution in [2.45, 2.75) is 0 Å². The first-order valence-electron chi connectivity index (χ1n) is 6.42. The van der Waals surface area contributed by atoms with Gasteiger partial charge in [0.05, 0.1) is 11.2 Å². The van der Waals surface area contributed by atoms with Crippen molar-refractivity contribution < 1.29 is 13.9 Å².